The van der Waals surface area contributed by atoms with E-state index in [9.17, 15) is 4.79 Å². The molecule has 0 bridgehead atoms. The molecule has 1 aliphatic carbocycles. The molecule has 0 aliphatic heterocycles. The predicted molar refractivity (Wildman–Crippen MR) is 99.7 cm³/mol. The maximum absolute atomic E-state index is 13.4. The summed E-state index contributed by atoms with van der Waals surface area (Å²) in [5.41, 5.74) is 2.25. The highest BCUT2D eigenvalue weighted by atomic mass is 16.5. The molecule has 0 radical (unpaired) electrons. The Labute approximate surface area is 152 Å². The molecule has 2 aromatic heterocycles. The summed E-state index contributed by atoms with van der Waals surface area (Å²) >= 11 is 0. The first-order valence-corrected chi connectivity index (χ1v) is 8.87. The minimum absolute atomic E-state index is 0.00966. The second kappa shape index (κ2) is 6.44. The molecule has 0 spiro atoms. The largest absolute Gasteiger partial charge is 0.497 e. The van der Waals surface area contributed by atoms with Gasteiger partial charge in [-0.1, -0.05) is 0 Å². The van der Waals surface area contributed by atoms with Crippen molar-refractivity contribution < 1.29 is 9.53 Å². The first kappa shape index (κ1) is 16.6. The molecule has 1 aromatic carbocycles. The maximum Gasteiger partial charge on any atom is 0.260 e. The number of fused-ring (bicyclic) bond motifs is 1. The summed E-state index contributed by atoms with van der Waals surface area (Å²) in [5, 5.41) is 8.15. The molecular weight excluding hydrogens is 328 g/mol. The van der Waals surface area contributed by atoms with E-state index in [1.54, 1.807) is 7.11 Å². The molecular formula is C20H22N4O2. The van der Waals surface area contributed by atoms with Crippen LogP contribution in [0.25, 0.3) is 5.65 Å². The molecule has 1 saturated carbocycles. The van der Waals surface area contributed by atoms with Gasteiger partial charge in [0, 0.05) is 17.9 Å². The molecule has 134 valence electrons. The molecule has 2 heterocycles. The van der Waals surface area contributed by atoms with Crippen LogP contribution in [0.2, 0.25) is 0 Å². The first-order valence-electron chi connectivity index (χ1n) is 8.87. The van der Waals surface area contributed by atoms with Gasteiger partial charge in [-0.15, -0.1) is 10.2 Å². The highest BCUT2D eigenvalue weighted by Gasteiger charge is 2.35. The highest BCUT2D eigenvalue weighted by molar-refractivity contribution is 6.06. The Balaban J connectivity index is 1.73. The average molecular weight is 350 g/mol. The Hall–Kier alpha value is -2.89. The highest BCUT2D eigenvalue weighted by Crippen LogP contribution is 2.38. The SMILES string of the molecule is COc1ccc(N(C(=O)c2ccc3nnc(C)n3c2)[C@H](C)C2CC2)cc1. The Kier molecular flexibility index (Phi) is 4.11. The van der Waals surface area contributed by atoms with Crippen LogP contribution in [-0.2, 0) is 0 Å². The lowest BCUT2D eigenvalue weighted by atomic mass is 10.1. The molecule has 1 atom stereocenters. The fourth-order valence-electron chi connectivity index (χ4n) is 3.34. The van der Waals surface area contributed by atoms with Crippen LogP contribution in [-0.4, -0.2) is 33.7 Å². The lowest BCUT2D eigenvalue weighted by Crippen LogP contribution is -2.40. The second-order valence-corrected chi connectivity index (χ2v) is 6.84. The molecule has 1 fully saturated rings. The van der Waals surface area contributed by atoms with Gasteiger partial charge in [-0.25, -0.2) is 0 Å². The molecule has 26 heavy (non-hydrogen) atoms. The zero-order valence-electron chi connectivity index (χ0n) is 15.2. The zero-order chi connectivity index (χ0) is 18.3. The summed E-state index contributed by atoms with van der Waals surface area (Å²) in [4.78, 5) is 15.3. The molecule has 1 aliphatic rings. The van der Waals surface area contributed by atoms with Crippen molar-refractivity contribution in [2.45, 2.75) is 32.7 Å². The normalized spacial score (nSPS) is 15.0. The van der Waals surface area contributed by atoms with Gasteiger partial charge in [0.05, 0.1) is 12.7 Å². The van der Waals surface area contributed by atoms with Gasteiger partial charge in [0.15, 0.2) is 5.65 Å². The number of nitrogens with zero attached hydrogens (tertiary/aromatic N) is 4. The van der Waals surface area contributed by atoms with E-state index in [1.165, 1.54) is 12.8 Å². The van der Waals surface area contributed by atoms with Crippen LogP contribution in [0.15, 0.2) is 42.6 Å². The van der Waals surface area contributed by atoms with E-state index < -0.39 is 0 Å². The smallest absolute Gasteiger partial charge is 0.260 e. The molecule has 0 unspecified atom stereocenters. The molecule has 0 saturated heterocycles. The summed E-state index contributed by atoms with van der Waals surface area (Å²) in [6, 6.07) is 11.5. The molecule has 1 amide bonds. The zero-order valence-corrected chi connectivity index (χ0v) is 15.2. The quantitative estimate of drug-likeness (QED) is 0.707. The number of benzene rings is 1. The van der Waals surface area contributed by atoms with E-state index in [4.69, 9.17) is 4.74 Å². The van der Waals surface area contributed by atoms with Crippen LogP contribution < -0.4 is 9.64 Å². The number of aromatic nitrogens is 3. The topological polar surface area (TPSA) is 59.7 Å². The number of aryl methyl sites for hydroxylation is 1. The summed E-state index contributed by atoms with van der Waals surface area (Å²) in [6.07, 6.45) is 4.17. The summed E-state index contributed by atoms with van der Waals surface area (Å²) < 4.78 is 7.09. The number of hydrogen-bond acceptors (Lipinski definition) is 4. The third kappa shape index (κ3) is 2.92. The van der Waals surface area contributed by atoms with Crippen LogP contribution in [0, 0.1) is 12.8 Å². The minimum Gasteiger partial charge on any atom is -0.497 e. The van der Waals surface area contributed by atoms with Crippen molar-refractivity contribution >= 4 is 17.2 Å². The fourth-order valence-corrected chi connectivity index (χ4v) is 3.34. The number of carbonyl (C=O) groups is 1. The van der Waals surface area contributed by atoms with E-state index in [-0.39, 0.29) is 11.9 Å². The average Bonchev–Trinajstić information content (AvgIpc) is 3.46. The van der Waals surface area contributed by atoms with Crippen molar-refractivity contribution in [3.8, 4) is 5.75 Å². The number of carbonyl (C=O) groups excluding carboxylic acids is 1. The lowest BCUT2D eigenvalue weighted by Gasteiger charge is -2.30. The van der Waals surface area contributed by atoms with Crippen molar-refractivity contribution in [2.75, 3.05) is 12.0 Å². The van der Waals surface area contributed by atoms with E-state index in [2.05, 4.69) is 17.1 Å². The molecule has 6 nitrogen and oxygen atoms in total. The number of anilines is 1. The Morgan fingerprint density at radius 2 is 1.92 bits per heavy atom. The predicted octanol–water partition coefficient (Wildman–Crippen LogP) is 3.49. The Bertz CT molecular complexity index is 944. The van der Waals surface area contributed by atoms with Crippen molar-refractivity contribution in [1.82, 2.24) is 14.6 Å². The van der Waals surface area contributed by atoms with E-state index in [0.717, 1.165) is 22.9 Å². The fraction of sp³-hybridized carbons (Fsp3) is 0.350. The van der Waals surface area contributed by atoms with Gasteiger partial charge in [0.1, 0.15) is 11.6 Å². The lowest BCUT2D eigenvalue weighted by molar-refractivity contribution is 0.0975. The van der Waals surface area contributed by atoms with Gasteiger partial charge in [-0.2, -0.15) is 0 Å². The van der Waals surface area contributed by atoms with Gasteiger partial charge >= 0.3 is 0 Å². The van der Waals surface area contributed by atoms with Gasteiger partial charge in [-0.3, -0.25) is 9.20 Å². The molecule has 3 aromatic rings. The third-order valence-electron chi connectivity index (χ3n) is 5.10. The number of rotatable bonds is 5. The van der Waals surface area contributed by atoms with E-state index >= 15 is 0 Å². The van der Waals surface area contributed by atoms with Gasteiger partial charge < -0.3 is 9.64 Å². The molecule has 4 rings (SSSR count). The summed E-state index contributed by atoms with van der Waals surface area (Å²) in [5.74, 6) is 2.09. The first-order chi connectivity index (χ1) is 12.6. The monoisotopic (exact) mass is 350 g/mol. The summed E-state index contributed by atoms with van der Waals surface area (Å²) in [6.45, 7) is 4.00. The Morgan fingerprint density at radius 1 is 1.19 bits per heavy atom. The van der Waals surface area contributed by atoms with Crippen molar-refractivity contribution in [2.24, 2.45) is 5.92 Å². The Morgan fingerprint density at radius 3 is 2.58 bits per heavy atom. The molecule has 6 heteroatoms. The number of amides is 1. The standard InChI is InChI=1S/C20H22N4O2/c1-13(15-4-5-15)24(17-7-9-18(26-3)10-8-17)20(25)16-6-11-19-22-21-14(2)23(19)12-16/h6-13,15H,4-5H2,1-3H3/t13-/m1/s1. The van der Waals surface area contributed by atoms with E-state index in [1.807, 2.05) is 58.8 Å². The van der Waals surface area contributed by atoms with Crippen LogP contribution in [0.4, 0.5) is 5.69 Å². The van der Waals surface area contributed by atoms with Crippen LogP contribution in [0.3, 0.4) is 0 Å². The van der Waals surface area contributed by atoms with Crippen LogP contribution in [0.5, 0.6) is 5.75 Å². The number of methoxy groups -OCH3 is 1. The number of ether oxygens (including phenoxy) is 1. The summed E-state index contributed by atoms with van der Waals surface area (Å²) in [7, 11) is 1.64. The number of hydrogen-bond donors (Lipinski definition) is 0. The second-order valence-electron chi connectivity index (χ2n) is 6.84. The third-order valence-corrected chi connectivity index (χ3v) is 5.10. The van der Waals surface area contributed by atoms with Gasteiger partial charge in [-0.05, 0) is 69.0 Å². The van der Waals surface area contributed by atoms with Crippen molar-refractivity contribution in [1.29, 1.82) is 0 Å². The van der Waals surface area contributed by atoms with E-state index in [0.29, 0.717) is 11.5 Å². The maximum atomic E-state index is 13.4. The van der Waals surface area contributed by atoms with Gasteiger partial charge in [0.2, 0.25) is 0 Å². The van der Waals surface area contributed by atoms with Gasteiger partial charge in [0.25, 0.3) is 5.91 Å². The van der Waals surface area contributed by atoms with Crippen molar-refractivity contribution in [3.05, 3.63) is 54.0 Å². The van der Waals surface area contributed by atoms with Crippen LogP contribution >= 0.6 is 0 Å². The van der Waals surface area contributed by atoms with Crippen molar-refractivity contribution in [3.63, 3.8) is 0 Å². The van der Waals surface area contributed by atoms with Crippen LogP contribution in [0.1, 0.15) is 35.9 Å². The number of pyridine rings is 1. The molecule has 0 N–H and O–H groups in total. The minimum atomic E-state index is -0.00966.